The number of carboxylic acid groups (broad SMARTS) is 1. The highest BCUT2D eigenvalue weighted by molar-refractivity contribution is 7.99. The van der Waals surface area contributed by atoms with E-state index in [1.54, 1.807) is 18.2 Å². The summed E-state index contributed by atoms with van der Waals surface area (Å²) in [6.45, 7) is 0.135. The van der Waals surface area contributed by atoms with Crippen LogP contribution in [0.2, 0.25) is 0 Å². The van der Waals surface area contributed by atoms with E-state index in [0.717, 1.165) is 5.75 Å². The van der Waals surface area contributed by atoms with Crippen molar-refractivity contribution in [1.29, 1.82) is 0 Å². The molecule has 6 nitrogen and oxygen atoms in total. The van der Waals surface area contributed by atoms with Crippen LogP contribution in [-0.2, 0) is 4.79 Å². The Morgan fingerprint density at radius 3 is 2.80 bits per heavy atom. The number of carboxylic acids is 1. The topological polar surface area (TPSA) is 84.9 Å². The van der Waals surface area contributed by atoms with Crippen molar-refractivity contribution in [2.45, 2.75) is 12.0 Å². The van der Waals surface area contributed by atoms with E-state index < -0.39 is 17.4 Å². The molecule has 3 rings (SSSR count). The molecule has 1 saturated heterocycles. The molecule has 2 heterocycles. The lowest BCUT2D eigenvalue weighted by atomic mass is 9.98. The first-order chi connectivity index (χ1) is 9.61. The first kappa shape index (κ1) is 13.1. The van der Waals surface area contributed by atoms with E-state index >= 15 is 0 Å². The van der Waals surface area contributed by atoms with Gasteiger partial charge in [0.25, 0.3) is 5.91 Å². The van der Waals surface area contributed by atoms with E-state index in [2.05, 4.69) is 5.32 Å². The second-order valence-electron chi connectivity index (χ2n) is 4.71. The summed E-state index contributed by atoms with van der Waals surface area (Å²) in [6, 6.07) is 4.81. The van der Waals surface area contributed by atoms with Gasteiger partial charge < -0.3 is 19.9 Å². The number of thioether (sulfide) groups is 1. The molecule has 0 unspecified atom stereocenters. The summed E-state index contributed by atoms with van der Waals surface area (Å²) in [5, 5.41) is 12.0. The van der Waals surface area contributed by atoms with Crippen molar-refractivity contribution in [3.8, 4) is 11.5 Å². The Morgan fingerprint density at radius 1 is 1.30 bits per heavy atom. The zero-order valence-electron chi connectivity index (χ0n) is 10.5. The van der Waals surface area contributed by atoms with Crippen molar-refractivity contribution in [3.63, 3.8) is 0 Å². The average Bonchev–Trinajstić information content (AvgIpc) is 3.06. The summed E-state index contributed by atoms with van der Waals surface area (Å²) in [5.41, 5.74) is -0.801. The van der Waals surface area contributed by atoms with Crippen molar-refractivity contribution in [3.05, 3.63) is 23.8 Å². The molecule has 1 amide bonds. The van der Waals surface area contributed by atoms with E-state index in [4.69, 9.17) is 9.47 Å². The number of hydrogen-bond acceptors (Lipinski definition) is 5. The van der Waals surface area contributed by atoms with Crippen LogP contribution in [0.15, 0.2) is 18.2 Å². The van der Waals surface area contributed by atoms with Crippen LogP contribution in [0, 0.1) is 0 Å². The second kappa shape index (κ2) is 4.90. The van der Waals surface area contributed by atoms with E-state index in [1.165, 1.54) is 11.8 Å². The van der Waals surface area contributed by atoms with Crippen molar-refractivity contribution < 1.29 is 24.2 Å². The van der Waals surface area contributed by atoms with Gasteiger partial charge in [-0.3, -0.25) is 4.79 Å². The predicted molar refractivity (Wildman–Crippen MR) is 72.3 cm³/mol. The van der Waals surface area contributed by atoms with Crippen molar-refractivity contribution in [2.75, 3.05) is 18.3 Å². The largest absolute Gasteiger partial charge is 0.479 e. The van der Waals surface area contributed by atoms with Gasteiger partial charge in [0.2, 0.25) is 6.79 Å². The molecule has 1 aromatic carbocycles. The number of carbonyl (C=O) groups excluding carboxylic acids is 1. The number of benzene rings is 1. The predicted octanol–water partition coefficient (Wildman–Crippen LogP) is 1.11. The molecule has 20 heavy (non-hydrogen) atoms. The summed E-state index contributed by atoms with van der Waals surface area (Å²) in [4.78, 5) is 23.6. The number of fused-ring (bicyclic) bond motifs is 1. The molecule has 0 aliphatic carbocycles. The highest BCUT2D eigenvalue weighted by Gasteiger charge is 2.43. The Labute approximate surface area is 119 Å². The normalized spacial score (nSPS) is 23.6. The van der Waals surface area contributed by atoms with Gasteiger partial charge in [-0.1, -0.05) is 0 Å². The van der Waals surface area contributed by atoms with Crippen LogP contribution in [0.1, 0.15) is 16.8 Å². The number of rotatable bonds is 3. The number of nitrogens with one attached hydrogen (secondary N) is 1. The molecule has 1 atom stereocenters. The van der Waals surface area contributed by atoms with E-state index in [-0.39, 0.29) is 6.79 Å². The molecular formula is C13H13NO5S. The fraction of sp³-hybridized carbons (Fsp3) is 0.385. The SMILES string of the molecule is O=C(N[C@]1(C(=O)O)CCSC1)c1ccc2c(c1)OCO2. The van der Waals surface area contributed by atoms with Gasteiger partial charge in [0.1, 0.15) is 5.54 Å². The highest BCUT2D eigenvalue weighted by atomic mass is 32.2. The maximum Gasteiger partial charge on any atom is 0.330 e. The Bertz CT molecular complexity index is 568. The lowest BCUT2D eigenvalue weighted by Gasteiger charge is -2.24. The van der Waals surface area contributed by atoms with Crippen LogP contribution in [0.4, 0.5) is 0 Å². The van der Waals surface area contributed by atoms with E-state index in [1.807, 2.05) is 0 Å². The number of carbonyl (C=O) groups is 2. The minimum absolute atomic E-state index is 0.135. The van der Waals surface area contributed by atoms with Gasteiger partial charge in [0, 0.05) is 11.3 Å². The molecule has 1 aromatic rings. The smallest absolute Gasteiger partial charge is 0.330 e. The van der Waals surface area contributed by atoms with Gasteiger partial charge in [0.15, 0.2) is 11.5 Å². The van der Waals surface area contributed by atoms with Crippen LogP contribution < -0.4 is 14.8 Å². The van der Waals surface area contributed by atoms with Gasteiger partial charge in [0.05, 0.1) is 0 Å². The first-order valence-electron chi connectivity index (χ1n) is 6.14. The van der Waals surface area contributed by atoms with Crippen LogP contribution in [0.3, 0.4) is 0 Å². The van der Waals surface area contributed by atoms with Crippen LogP contribution in [0.25, 0.3) is 0 Å². The van der Waals surface area contributed by atoms with Crippen LogP contribution in [-0.4, -0.2) is 40.8 Å². The van der Waals surface area contributed by atoms with Crippen LogP contribution in [0.5, 0.6) is 11.5 Å². The molecule has 0 radical (unpaired) electrons. The maximum atomic E-state index is 12.2. The fourth-order valence-electron chi connectivity index (χ4n) is 2.21. The molecule has 2 aliphatic rings. The molecule has 7 heteroatoms. The lowest BCUT2D eigenvalue weighted by molar-refractivity contribution is -0.143. The number of ether oxygens (including phenoxy) is 2. The minimum Gasteiger partial charge on any atom is -0.479 e. The average molecular weight is 295 g/mol. The standard InChI is InChI=1S/C13H13NO5S/c15-11(14-13(12(16)17)3-4-20-6-13)8-1-2-9-10(5-8)19-7-18-9/h1-2,5H,3-4,6-7H2,(H,14,15)(H,16,17)/t13-/m1/s1. The third-order valence-electron chi connectivity index (χ3n) is 3.42. The zero-order valence-corrected chi connectivity index (χ0v) is 11.4. The maximum absolute atomic E-state index is 12.2. The van der Waals surface area contributed by atoms with Crippen molar-refractivity contribution >= 4 is 23.6 Å². The quantitative estimate of drug-likeness (QED) is 0.869. The fourth-order valence-corrected chi connectivity index (χ4v) is 3.54. The number of amides is 1. The molecule has 0 bridgehead atoms. The molecule has 2 aliphatic heterocycles. The van der Waals surface area contributed by atoms with Gasteiger partial charge in [-0.25, -0.2) is 4.79 Å². The molecular weight excluding hydrogens is 282 g/mol. The third-order valence-corrected chi connectivity index (χ3v) is 4.61. The summed E-state index contributed by atoms with van der Waals surface area (Å²) in [5.74, 6) is 0.810. The number of aliphatic carboxylic acids is 1. The summed E-state index contributed by atoms with van der Waals surface area (Å²) in [7, 11) is 0. The number of hydrogen-bond donors (Lipinski definition) is 2. The first-order valence-corrected chi connectivity index (χ1v) is 7.29. The highest BCUT2D eigenvalue weighted by Crippen LogP contribution is 2.33. The van der Waals surface area contributed by atoms with E-state index in [0.29, 0.717) is 29.2 Å². The van der Waals surface area contributed by atoms with Crippen LogP contribution >= 0.6 is 11.8 Å². The molecule has 2 N–H and O–H groups in total. The third kappa shape index (κ3) is 2.18. The van der Waals surface area contributed by atoms with Crippen molar-refractivity contribution in [2.24, 2.45) is 0 Å². The van der Waals surface area contributed by atoms with E-state index in [9.17, 15) is 14.7 Å². The molecule has 0 aromatic heterocycles. The van der Waals surface area contributed by atoms with Crippen molar-refractivity contribution in [1.82, 2.24) is 5.32 Å². The Balaban J connectivity index is 1.80. The molecule has 0 saturated carbocycles. The van der Waals surface area contributed by atoms with Gasteiger partial charge in [-0.05, 0) is 30.4 Å². The minimum atomic E-state index is -1.17. The summed E-state index contributed by atoms with van der Waals surface area (Å²) >= 11 is 1.53. The molecule has 1 fully saturated rings. The Kier molecular flexibility index (Phi) is 3.21. The summed E-state index contributed by atoms with van der Waals surface area (Å²) < 4.78 is 10.4. The molecule has 106 valence electrons. The monoisotopic (exact) mass is 295 g/mol. The molecule has 0 spiro atoms. The Morgan fingerprint density at radius 2 is 2.10 bits per heavy atom. The second-order valence-corrected chi connectivity index (χ2v) is 5.82. The van der Waals surface area contributed by atoms with Gasteiger partial charge in [-0.15, -0.1) is 0 Å². The summed E-state index contributed by atoms with van der Waals surface area (Å²) in [6.07, 6.45) is 0.434. The van der Waals surface area contributed by atoms with Gasteiger partial charge in [-0.2, -0.15) is 11.8 Å². The Hall–Kier alpha value is -1.89. The zero-order chi connectivity index (χ0) is 14.2. The lowest BCUT2D eigenvalue weighted by Crippen LogP contribution is -2.54. The van der Waals surface area contributed by atoms with Gasteiger partial charge >= 0.3 is 5.97 Å².